The Morgan fingerprint density at radius 2 is 1.96 bits per heavy atom. The second-order valence-electron chi connectivity index (χ2n) is 7.76. The fraction of sp³-hybridized carbons (Fsp3) is 0.579. The zero-order chi connectivity index (χ0) is 18.7. The fourth-order valence-corrected chi connectivity index (χ4v) is 2.87. The third-order valence-corrected chi connectivity index (χ3v) is 4.44. The van der Waals surface area contributed by atoms with Gasteiger partial charge in [-0.15, -0.1) is 0 Å². The molecular formula is C19H28N2O4. The third-order valence-electron chi connectivity index (χ3n) is 4.44. The van der Waals surface area contributed by atoms with Gasteiger partial charge in [-0.25, -0.2) is 4.79 Å². The molecule has 0 saturated heterocycles. The molecule has 6 heteroatoms. The van der Waals surface area contributed by atoms with E-state index in [1.54, 1.807) is 26.8 Å². The summed E-state index contributed by atoms with van der Waals surface area (Å²) in [5, 5.41) is 15.1. The normalized spacial score (nSPS) is 15.9. The molecule has 1 aliphatic carbocycles. The number of rotatable bonds is 5. The van der Waals surface area contributed by atoms with Crippen LogP contribution >= 0.6 is 0 Å². The molecule has 6 nitrogen and oxygen atoms in total. The van der Waals surface area contributed by atoms with Crippen molar-refractivity contribution in [1.82, 2.24) is 5.32 Å². The maximum atomic E-state index is 12.8. The lowest BCUT2D eigenvalue weighted by Gasteiger charge is -2.40. The van der Waals surface area contributed by atoms with Gasteiger partial charge in [0, 0.05) is 17.8 Å². The van der Waals surface area contributed by atoms with Gasteiger partial charge in [-0.1, -0.05) is 24.1 Å². The molecule has 1 aromatic rings. The summed E-state index contributed by atoms with van der Waals surface area (Å²) in [5.41, 5.74) is 1.13. The molecular weight excluding hydrogens is 320 g/mol. The van der Waals surface area contributed by atoms with Crippen molar-refractivity contribution >= 4 is 17.7 Å². The van der Waals surface area contributed by atoms with E-state index >= 15 is 0 Å². The number of carbonyl (C=O) groups is 2. The van der Waals surface area contributed by atoms with Crippen LogP contribution in [-0.2, 0) is 16.1 Å². The minimum absolute atomic E-state index is 0.131. The van der Waals surface area contributed by atoms with E-state index in [4.69, 9.17) is 4.74 Å². The molecule has 1 fully saturated rings. The van der Waals surface area contributed by atoms with Gasteiger partial charge >= 0.3 is 6.09 Å². The number of anilines is 1. The lowest BCUT2D eigenvalue weighted by atomic mass is 9.68. The number of hydrogen-bond donors (Lipinski definition) is 3. The molecule has 1 aromatic carbocycles. The van der Waals surface area contributed by atoms with Crippen molar-refractivity contribution < 1.29 is 19.4 Å². The molecule has 0 heterocycles. The molecule has 2 amide bonds. The summed E-state index contributed by atoms with van der Waals surface area (Å²) in [7, 11) is 0. The van der Waals surface area contributed by atoms with Gasteiger partial charge in [0.05, 0.1) is 12.0 Å². The monoisotopic (exact) mass is 348 g/mol. The predicted molar refractivity (Wildman–Crippen MR) is 96.3 cm³/mol. The predicted octanol–water partition coefficient (Wildman–Crippen LogP) is 3.12. The van der Waals surface area contributed by atoms with Crippen molar-refractivity contribution in [3.8, 4) is 0 Å². The van der Waals surface area contributed by atoms with Crippen LogP contribution in [0.3, 0.4) is 0 Å². The van der Waals surface area contributed by atoms with Gasteiger partial charge < -0.3 is 20.5 Å². The minimum Gasteiger partial charge on any atom is -0.444 e. The standard InChI is InChI=1S/C19H28N2O4/c1-13-6-7-15(14(10-13)11-22)21-16(23)19(8-5-9-19)12-20-17(24)25-18(2,3)4/h6-7,10,22H,5,8-9,11-12H2,1-4H3,(H,20,24)(H,21,23). The van der Waals surface area contributed by atoms with E-state index in [9.17, 15) is 14.7 Å². The Balaban J connectivity index is 2.02. The lowest BCUT2D eigenvalue weighted by molar-refractivity contribution is -0.129. The molecule has 1 saturated carbocycles. The Morgan fingerprint density at radius 1 is 1.28 bits per heavy atom. The van der Waals surface area contributed by atoms with Gasteiger partial charge in [0.2, 0.25) is 5.91 Å². The van der Waals surface area contributed by atoms with Crippen molar-refractivity contribution in [3.63, 3.8) is 0 Å². The van der Waals surface area contributed by atoms with Crippen molar-refractivity contribution in [2.75, 3.05) is 11.9 Å². The highest BCUT2D eigenvalue weighted by molar-refractivity contribution is 5.97. The fourth-order valence-electron chi connectivity index (χ4n) is 2.87. The van der Waals surface area contributed by atoms with Gasteiger partial charge in [-0.2, -0.15) is 0 Å². The van der Waals surface area contributed by atoms with Gasteiger partial charge in [0.25, 0.3) is 0 Å². The zero-order valence-corrected chi connectivity index (χ0v) is 15.4. The number of aryl methyl sites for hydroxylation is 1. The molecule has 0 atom stereocenters. The first-order valence-electron chi connectivity index (χ1n) is 8.64. The number of nitrogens with one attached hydrogen (secondary N) is 2. The van der Waals surface area contributed by atoms with Crippen LogP contribution in [0, 0.1) is 12.3 Å². The average molecular weight is 348 g/mol. The molecule has 138 valence electrons. The highest BCUT2D eigenvalue weighted by Crippen LogP contribution is 2.41. The molecule has 0 radical (unpaired) electrons. The number of amides is 2. The second-order valence-corrected chi connectivity index (χ2v) is 7.76. The largest absolute Gasteiger partial charge is 0.444 e. The van der Waals surface area contributed by atoms with Crippen LogP contribution in [0.4, 0.5) is 10.5 Å². The third kappa shape index (κ3) is 4.95. The first-order chi connectivity index (χ1) is 11.6. The zero-order valence-electron chi connectivity index (χ0n) is 15.4. The number of aliphatic hydroxyl groups is 1. The quantitative estimate of drug-likeness (QED) is 0.763. The molecule has 2 rings (SSSR count). The molecule has 3 N–H and O–H groups in total. The van der Waals surface area contributed by atoms with E-state index in [0.29, 0.717) is 11.3 Å². The summed E-state index contributed by atoms with van der Waals surface area (Å²) in [6, 6.07) is 5.54. The number of benzene rings is 1. The average Bonchev–Trinajstić information content (AvgIpc) is 2.46. The van der Waals surface area contributed by atoms with Crippen LogP contribution in [0.1, 0.15) is 51.2 Å². The van der Waals surface area contributed by atoms with Gasteiger partial charge in [0.1, 0.15) is 5.60 Å². The molecule has 0 spiro atoms. The maximum Gasteiger partial charge on any atom is 0.407 e. The van der Waals surface area contributed by atoms with E-state index in [-0.39, 0.29) is 19.1 Å². The molecule has 0 aliphatic heterocycles. The summed E-state index contributed by atoms with van der Waals surface area (Å²) in [6.45, 7) is 7.43. The van der Waals surface area contributed by atoms with E-state index in [1.165, 1.54) is 0 Å². The summed E-state index contributed by atoms with van der Waals surface area (Å²) < 4.78 is 5.23. The van der Waals surface area contributed by atoms with Gasteiger partial charge in [-0.05, 0) is 46.6 Å². The van der Waals surface area contributed by atoms with Crippen molar-refractivity contribution in [2.45, 2.75) is 59.2 Å². The van der Waals surface area contributed by atoms with Crippen LogP contribution in [0.15, 0.2) is 18.2 Å². The molecule has 0 unspecified atom stereocenters. The Bertz CT molecular complexity index is 645. The van der Waals surface area contributed by atoms with Gasteiger partial charge in [0.15, 0.2) is 0 Å². The number of alkyl carbamates (subject to hydrolysis) is 1. The van der Waals surface area contributed by atoms with Crippen molar-refractivity contribution in [1.29, 1.82) is 0 Å². The van der Waals surface area contributed by atoms with Crippen molar-refractivity contribution in [3.05, 3.63) is 29.3 Å². The highest BCUT2D eigenvalue weighted by Gasteiger charge is 2.44. The SMILES string of the molecule is Cc1ccc(NC(=O)C2(CNC(=O)OC(C)(C)C)CCC2)c(CO)c1. The molecule has 25 heavy (non-hydrogen) atoms. The topological polar surface area (TPSA) is 87.7 Å². The Morgan fingerprint density at radius 3 is 2.48 bits per heavy atom. The second kappa shape index (κ2) is 7.44. The summed E-state index contributed by atoms with van der Waals surface area (Å²) >= 11 is 0. The lowest BCUT2D eigenvalue weighted by Crippen LogP contribution is -2.50. The number of aliphatic hydroxyl groups excluding tert-OH is 1. The Hall–Kier alpha value is -2.08. The summed E-state index contributed by atoms with van der Waals surface area (Å²) in [5.74, 6) is -0.131. The first-order valence-corrected chi connectivity index (χ1v) is 8.64. The minimum atomic E-state index is -0.617. The van der Waals surface area contributed by atoms with Crippen LogP contribution in [0.5, 0.6) is 0 Å². The van der Waals surface area contributed by atoms with E-state index < -0.39 is 17.1 Å². The van der Waals surface area contributed by atoms with Crippen molar-refractivity contribution in [2.24, 2.45) is 5.41 Å². The molecule has 1 aliphatic rings. The summed E-state index contributed by atoms with van der Waals surface area (Å²) in [6.07, 6.45) is 1.87. The highest BCUT2D eigenvalue weighted by atomic mass is 16.6. The van der Waals surface area contributed by atoms with Crippen LogP contribution in [0.2, 0.25) is 0 Å². The number of carbonyl (C=O) groups excluding carboxylic acids is 2. The Kier molecular flexibility index (Phi) is 5.72. The van der Waals surface area contributed by atoms with E-state index in [2.05, 4.69) is 10.6 Å². The van der Waals surface area contributed by atoms with E-state index in [1.807, 2.05) is 19.1 Å². The van der Waals surface area contributed by atoms with E-state index in [0.717, 1.165) is 24.8 Å². The van der Waals surface area contributed by atoms with Crippen LogP contribution < -0.4 is 10.6 Å². The van der Waals surface area contributed by atoms with Gasteiger partial charge in [-0.3, -0.25) is 4.79 Å². The molecule has 0 aromatic heterocycles. The number of hydrogen-bond acceptors (Lipinski definition) is 4. The maximum absolute atomic E-state index is 12.8. The Labute approximate surface area is 149 Å². The van der Waals surface area contributed by atoms with Crippen LogP contribution in [-0.4, -0.2) is 29.3 Å². The molecule has 0 bridgehead atoms. The first kappa shape index (κ1) is 19.2. The van der Waals surface area contributed by atoms with Crippen LogP contribution in [0.25, 0.3) is 0 Å². The summed E-state index contributed by atoms with van der Waals surface area (Å²) in [4.78, 5) is 24.6. The smallest absolute Gasteiger partial charge is 0.407 e. The number of ether oxygens (including phenoxy) is 1.